The van der Waals surface area contributed by atoms with E-state index >= 15 is 0 Å². The second-order valence-corrected chi connectivity index (χ2v) is 8.59. The molecule has 9 heteroatoms. The Hall–Kier alpha value is -3.22. The van der Waals surface area contributed by atoms with Gasteiger partial charge >= 0.3 is 5.70 Å². The molecule has 0 unspecified atom stereocenters. The number of halogens is 1. The van der Waals surface area contributed by atoms with Crippen LogP contribution in [0.25, 0.3) is 21.4 Å². The first-order chi connectivity index (χ1) is 13.4. The lowest BCUT2D eigenvalue weighted by molar-refractivity contribution is 0.445. The topological polar surface area (TPSA) is 107 Å². The zero-order valence-corrected chi connectivity index (χ0v) is 16.6. The highest BCUT2D eigenvalue weighted by molar-refractivity contribution is 9.10. The molecule has 0 aromatic heterocycles. The Balaban J connectivity index is 1.86. The van der Waals surface area contributed by atoms with Gasteiger partial charge in [-0.05, 0) is 35.7 Å². The molecule has 0 saturated heterocycles. The molecule has 138 valence electrons. The summed E-state index contributed by atoms with van der Waals surface area (Å²) in [5, 5.41) is 25.5. The molecule has 3 aromatic rings. The molecule has 1 aliphatic carbocycles. The van der Waals surface area contributed by atoms with Crippen LogP contribution in [-0.2, 0) is 10.0 Å². The van der Waals surface area contributed by atoms with Crippen LogP contribution in [0.2, 0.25) is 0 Å². The first-order valence-electron chi connectivity index (χ1n) is 8.08. The molecule has 0 aliphatic heterocycles. The van der Waals surface area contributed by atoms with Gasteiger partial charge in [0.15, 0.2) is 4.98 Å². The molecule has 0 fully saturated rings. The highest BCUT2D eigenvalue weighted by Crippen LogP contribution is 2.36. The minimum Gasteiger partial charge on any atom is -0.500 e. The maximum atomic E-state index is 12.5. The number of hydrogen-bond donors (Lipinski definition) is 2. The van der Waals surface area contributed by atoms with Gasteiger partial charge in [-0.15, -0.1) is 0 Å². The average Bonchev–Trinajstić information content (AvgIpc) is 2.68. The maximum Gasteiger partial charge on any atom is 0.436 e. The highest BCUT2D eigenvalue weighted by Gasteiger charge is 2.35. The third-order valence-corrected chi connectivity index (χ3v) is 6.12. The first kappa shape index (κ1) is 18.2. The minimum atomic E-state index is -3.96. The fourth-order valence-electron chi connectivity index (χ4n) is 3.09. The second kappa shape index (κ2) is 6.74. The van der Waals surface area contributed by atoms with Crippen LogP contribution in [0.5, 0.6) is 0 Å². The summed E-state index contributed by atoms with van der Waals surface area (Å²) in [5.41, 5.74) is 0.947. The largest absolute Gasteiger partial charge is 0.500 e. The van der Waals surface area contributed by atoms with Crippen molar-refractivity contribution < 1.29 is 13.5 Å². The minimum absolute atomic E-state index is 0.0185. The summed E-state index contributed by atoms with van der Waals surface area (Å²) >= 11 is 3.25. The molecule has 2 N–H and O–H groups in total. The molecule has 4 rings (SSSR count). The molecule has 7 nitrogen and oxygen atoms in total. The Morgan fingerprint density at radius 2 is 1.64 bits per heavy atom. The summed E-state index contributed by atoms with van der Waals surface area (Å²) < 4.78 is 25.8. The maximum absolute atomic E-state index is 12.5. The van der Waals surface area contributed by atoms with Crippen molar-refractivity contribution in [3.63, 3.8) is 0 Å². The summed E-state index contributed by atoms with van der Waals surface area (Å²) in [6, 6.07) is 16.7. The number of benzene rings is 3. The summed E-state index contributed by atoms with van der Waals surface area (Å²) in [7, 11) is -3.96. The van der Waals surface area contributed by atoms with Crippen LogP contribution >= 0.6 is 15.9 Å². The molecule has 1 aliphatic rings. The number of nitrogens with zero attached hydrogens (tertiary/aromatic N) is 3. The SMILES string of the molecule is N#[N+]C1=C(O)C(=NNS(=O)(=O)c2ccc(Br)cc2)c2cccc3cccc1c23. The van der Waals surface area contributed by atoms with Crippen molar-refractivity contribution >= 4 is 48.1 Å². The summed E-state index contributed by atoms with van der Waals surface area (Å²) in [4.78, 5) is 5.34. The molecular formula is C19H12BrN4O3S+. The molecule has 0 saturated carbocycles. The number of rotatable bonds is 3. The van der Waals surface area contributed by atoms with Crippen molar-refractivity contribution in [1.29, 1.82) is 5.39 Å². The zero-order valence-electron chi connectivity index (χ0n) is 14.2. The van der Waals surface area contributed by atoms with Crippen LogP contribution in [0.3, 0.4) is 0 Å². The van der Waals surface area contributed by atoms with E-state index in [-0.39, 0.29) is 16.3 Å². The Morgan fingerprint density at radius 1 is 1.00 bits per heavy atom. The molecule has 0 radical (unpaired) electrons. The monoisotopic (exact) mass is 455 g/mol. The van der Waals surface area contributed by atoms with Crippen molar-refractivity contribution in [1.82, 2.24) is 4.83 Å². The lowest BCUT2D eigenvalue weighted by atomic mass is 9.89. The van der Waals surface area contributed by atoms with Gasteiger partial charge in [0.05, 0.1) is 10.5 Å². The molecule has 3 aromatic carbocycles. The van der Waals surface area contributed by atoms with Crippen molar-refractivity contribution in [2.45, 2.75) is 4.90 Å². The Morgan fingerprint density at radius 3 is 2.29 bits per heavy atom. The first-order valence-corrected chi connectivity index (χ1v) is 10.4. The lowest BCUT2D eigenvalue weighted by Gasteiger charge is -2.15. The van der Waals surface area contributed by atoms with Crippen molar-refractivity contribution in [3.8, 4) is 0 Å². The predicted octanol–water partition coefficient (Wildman–Crippen LogP) is 4.38. The van der Waals surface area contributed by atoms with E-state index in [9.17, 15) is 18.9 Å². The lowest BCUT2D eigenvalue weighted by Crippen LogP contribution is -2.23. The van der Waals surface area contributed by atoms with Gasteiger partial charge in [0, 0.05) is 15.4 Å². The van der Waals surface area contributed by atoms with Crippen LogP contribution in [0.4, 0.5) is 0 Å². The number of hydrazone groups is 1. The standard InChI is InChI=1S/C19H11BrN4O3S/c20-12-7-9-13(10-8-12)28(26,27)24-23-18-15-6-2-4-11-3-1-5-14(16(11)15)17(22-21)19(18)25/h1-10,24H/p+1. The molecular weight excluding hydrogens is 444 g/mol. The number of hydrogen-bond acceptors (Lipinski definition) is 5. The Labute approximate surface area is 168 Å². The van der Waals surface area contributed by atoms with E-state index in [1.165, 1.54) is 12.1 Å². The van der Waals surface area contributed by atoms with Crippen LogP contribution in [0.1, 0.15) is 11.1 Å². The van der Waals surface area contributed by atoms with E-state index in [1.54, 1.807) is 36.4 Å². The van der Waals surface area contributed by atoms with Gasteiger partial charge < -0.3 is 5.11 Å². The van der Waals surface area contributed by atoms with Gasteiger partial charge in [-0.1, -0.05) is 46.3 Å². The molecule has 0 bridgehead atoms. The highest BCUT2D eigenvalue weighted by atomic mass is 79.9. The molecule has 0 heterocycles. The Kier molecular flexibility index (Phi) is 4.37. The van der Waals surface area contributed by atoms with Crippen LogP contribution in [0, 0.1) is 5.39 Å². The average molecular weight is 456 g/mol. The van der Waals surface area contributed by atoms with Crippen molar-refractivity contribution in [3.05, 3.63) is 87.0 Å². The van der Waals surface area contributed by atoms with Crippen LogP contribution in [0.15, 0.2) is 80.9 Å². The van der Waals surface area contributed by atoms with Crippen LogP contribution in [-0.4, -0.2) is 19.2 Å². The van der Waals surface area contributed by atoms with E-state index in [1.807, 2.05) is 12.1 Å². The third-order valence-electron chi connectivity index (χ3n) is 4.37. The van der Waals surface area contributed by atoms with Gasteiger partial charge in [0.2, 0.25) is 11.2 Å². The van der Waals surface area contributed by atoms with E-state index in [0.29, 0.717) is 16.5 Å². The van der Waals surface area contributed by atoms with Crippen molar-refractivity contribution in [2.75, 3.05) is 0 Å². The smallest absolute Gasteiger partial charge is 0.436 e. The molecule has 0 spiro atoms. The molecule has 0 atom stereocenters. The van der Waals surface area contributed by atoms with E-state index in [4.69, 9.17) is 0 Å². The number of diazo groups is 1. The normalized spacial score (nSPS) is 14.9. The van der Waals surface area contributed by atoms with Gasteiger partial charge in [-0.25, -0.2) is 0 Å². The van der Waals surface area contributed by atoms with Gasteiger partial charge in [-0.2, -0.15) is 18.4 Å². The van der Waals surface area contributed by atoms with Crippen molar-refractivity contribution in [2.24, 2.45) is 5.10 Å². The van der Waals surface area contributed by atoms with Crippen LogP contribution < -0.4 is 4.83 Å². The number of aliphatic hydroxyl groups excluding tert-OH is 1. The predicted molar refractivity (Wildman–Crippen MR) is 110 cm³/mol. The Bertz CT molecular complexity index is 1320. The quantitative estimate of drug-likeness (QED) is 0.451. The third kappa shape index (κ3) is 2.93. The van der Waals surface area contributed by atoms with E-state index in [0.717, 1.165) is 9.86 Å². The van der Waals surface area contributed by atoms with E-state index < -0.39 is 15.8 Å². The summed E-state index contributed by atoms with van der Waals surface area (Å²) in [6.07, 6.45) is 0. The number of sulfonamides is 1. The van der Waals surface area contributed by atoms with Gasteiger partial charge in [-0.3, -0.25) is 0 Å². The van der Waals surface area contributed by atoms with Gasteiger partial charge in [0.25, 0.3) is 10.0 Å². The van der Waals surface area contributed by atoms with Gasteiger partial charge in [0.1, 0.15) is 5.71 Å². The fraction of sp³-hybridized carbons (Fsp3) is 0. The fourth-order valence-corrected chi connectivity index (χ4v) is 4.17. The summed E-state index contributed by atoms with van der Waals surface area (Å²) in [5.74, 6) is -0.424. The number of nitrogens with one attached hydrogen (secondary N) is 1. The van der Waals surface area contributed by atoms with E-state index in [2.05, 4.69) is 30.8 Å². The zero-order chi connectivity index (χ0) is 19.9. The second-order valence-electron chi connectivity index (χ2n) is 6.02. The number of aliphatic hydroxyl groups is 1. The molecule has 0 amide bonds. The molecule has 28 heavy (non-hydrogen) atoms. The summed E-state index contributed by atoms with van der Waals surface area (Å²) in [6.45, 7) is 0. The number of allylic oxidation sites excluding steroid dienone is 1.